The van der Waals surface area contributed by atoms with Crippen LogP contribution in [0.25, 0.3) is 0 Å². The lowest BCUT2D eigenvalue weighted by Crippen LogP contribution is -2.48. The van der Waals surface area contributed by atoms with E-state index in [1.165, 1.54) is 6.42 Å². The van der Waals surface area contributed by atoms with Crippen LogP contribution < -0.4 is 5.32 Å². The fraction of sp³-hybridized carbons (Fsp3) is 0.636. The molecular formula is C22H34N4O2. The molecule has 0 saturated carbocycles. The maximum absolute atomic E-state index is 13.2. The van der Waals surface area contributed by atoms with Crippen LogP contribution in [-0.4, -0.2) is 84.9 Å². The number of piperazine rings is 1. The lowest BCUT2D eigenvalue weighted by atomic mass is 10.1. The maximum Gasteiger partial charge on any atom is 0.253 e. The Morgan fingerprint density at radius 3 is 2.71 bits per heavy atom. The summed E-state index contributed by atoms with van der Waals surface area (Å²) in [6.45, 7) is 10.7. The van der Waals surface area contributed by atoms with Gasteiger partial charge in [-0.25, -0.2) is 0 Å². The normalized spacial score (nSPS) is 20.4. The lowest BCUT2D eigenvalue weighted by Gasteiger charge is -2.32. The van der Waals surface area contributed by atoms with Gasteiger partial charge in [0, 0.05) is 57.3 Å². The Morgan fingerprint density at radius 1 is 1.21 bits per heavy atom. The van der Waals surface area contributed by atoms with Crippen LogP contribution in [-0.2, 0) is 4.79 Å². The molecule has 2 fully saturated rings. The summed E-state index contributed by atoms with van der Waals surface area (Å²) in [5, 5.41) is 3.28. The number of hydrogen-bond donors (Lipinski definition) is 1. The molecule has 28 heavy (non-hydrogen) atoms. The summed E-state index contributed by atoms with van der Waals surface area (Å²) in [6.07, 6.45) is 2.71. The first-order chi connectivity index (χ1) is 13.6. The van der Waals surface area contributed by atoms with E-state index in [-0.39, 0.29) is 11.8 Å². The zero-order chi connectivity index (χ0) is 19.9. The Labute approximate surface area is 168 Å². The Bertz CT molecular complexity index is 672. The zero-order valence-corrected chi connectivity index (χ0v) is 17.3. The zero-order valence-electron chi connectivity index (χ0n) is 17.3. The van der Waals surface area contributed by atoms with E-state index < -0.39 is 0 Å². The van der Waals surface area contributed by atoms with E-state index in [9.17, 15) is 9.59 Å². The summed E-state index contributed by atoms with van der Waals surface area (Å²) < 4.78 is 0. The van der Waals surface area contributed by atoms with Crippen LogP contribution in [0.3, 0.4) is 0 Å². The molecule has 2 aliphatic heterocycles. The van der Waals surface area contributed by atoms with Gasteiger partial charge in [-0.2, -0.15) is 0 Å². The predicted molar refractivity (Wildman–Crippen MR) is 111 cm³/mol. The average molecular weight is 387 g/mol. The van der Waals surface area contributed by atoms with Gasteiger partial charge in [-0.05, 0) is 45.0 Å². The lowest BCUT2D eigenvalue weighted by molar-refractivity contribution is -0.132. The molecule has 0 radical (unpaired) electrons. The van der Waals surface area contributed by atoms with Crippen LogP contribution in [0.1, 0.15) is 42.1 Å². The highest BCUT2D eigenvalue weighted by atomic mass is 16.2. The van der Waals surface area contributed by atoms with Crippen LogP contribution >= 0.6 is 0 Å². The highest BCUT2D eigenvalue weighted by molar-refractivity contribution is 5.94. The smallest absolute Gasteiger partial charge is 0.253 e. The van der Waals surface area contributed by atoms with Gasteiger partial charge in [0.1, 0.15) is 0 Å². The molecule has 2 heterocycles. The molecule has 1 atom stereocenters. The standard InChI is InChI=1S/C22H34N4O2/c1-3-24-12-5-8-20(24)17-26(22(28)19-7-4-6-18(2)16-19)13-9-21(27)25-14-10-23-11-15-25/h4,6-7,16,20,23H,3,5,8-15,17H2,1-2H3/t20-/m1/s1. The van der Waals surface area contributed by atoms with Crippen LogP contribution in [0.4, 0.5) is 0 Å². The molecule has 1 aromatic rings. The van der Waals surface area contributed by atoms with Crippen LogP contribution in [0.15, 0.2) is 24.3 Å². The van der Waals surface area contributed by atoms with Crippen molar-refractivity contribution >= 4 is 11.8 Å². The molecule has 0 aliphatic carbocycles. The molecule has 0 unspecified atom stereocenters. The van der Waals surface area contributed by atoms with Crippen molar-refractivity contribution in [3.05, 3.63) is 35.4 Å². The fourth-order valence-corrected chi connectivity index (χ4v) is 4.31. The third-order valence-corrected chi connectivity index (χ3v) is 5.95. The van der Waals surface area contributed by atoms with Crippen molar-refractivity contribution in [3.8, 4) is 0 Å². The Kier molecular flexibility index (Phi) is 7.45. The number of rotatable bonds is 7. The van der Waals surface area contributed by atoms with E-state index in [0.29, 0.717) is 25.6 Å². The van der Waals surface area contributed by atoms with Crippen LogP contribution in [0, 0.1) is 6.92 Å². The molecule has 3 rings (SSSR count). The molecular weight excluding hydrogens is 352 g/mol. The molecule has 0 bridgehead atoms. The number of benzene rings is 1. The number of likely N-dealkylation sites (N-methyl/N-ethyl adjacent to an activating group) is 1. The van der Waals surface area contributed by atoms with E-state index >= 15 is 0 Å². The van der Waals surface area contributed by atoms with E-state index in [1.807, 2.05) is 41.0 Å². The number of carbonyl (C=O) groups is 2. The number of nitrogens with one attached hydrogen (secondary N) is 1. The quantitative estimate of drug-likeness (QED) is 0.776. The first kappa shape index (κ1) is 20.8. The summed E-state index contributed by atoms with van der Waals surface area (Å²) >= 11 is 0. The minimum atomic E-state index is 0.0414. The molecule has 2 saturated heterocycles. The summed E-state index contributed by atoms with van der Waals surface area (Å²) in [4.78, 5) is 32.1. The van der Waals surface area contributed by atoms with Crippen molar-refractivity contribution in [1.82, 2.24) is 20.0 Å². The van der Waals surface area contributed by atoms with Gasteiger partial charge in [-0.1, -0.05) is 24.6 Å². The van der Waals surface area contributed by atoms with Crippen molar-refractivity contribution in [2.75, 3.05) is 52.4 Å². The SMILES string of the molecule is CCN1CCC[C@@H]1CN(CCC(=O)N1CCNCC1)C(=O)c1cccc(C)c1. The Balaban J connectivity index is 1.68. The Morgan fingerprint density at radius 2 is 2.00 bits per heavy atom. The largest absolute Gasteiger partial charge is 0.340 e. The second-order valence-corrected chi connectivity index (χ2v) is 7.93. The molecule has 0 spiro atoms. The molecule has 1 aromatic carbocycles. The average Bonchev–Trinajstić information content (AvgIpc) is 3.18. The second-order valence-electron chi connectivity index (χ2n) is 7.93. The highest BCUT2D eigenvalue weighted by Gasteiger charge is 2.28. The van der Waals surface area contributed by atoms with Gasteiger partial charge in [0.05, 0.1) is 0 Å². The van der Waals surface area contributed by atoms with Crippen LogP contribution in [0.2, 0.25) is 0 Å². The molecule has 6 nitrogen and oxygen atoms in total. The number of hydrogen-bond acceptors (Lipinski definition) is 4. The van der Waals surface area contributed by atoms with E-state index in [0.717, 1.165) is 56.8 Å². The van der Waals surface area contributed by atoms with Gasteiger partial charge in [0.15, 0.2) is 0 Å². The van der Waals surface area contributed by atoms with Gasteiger partial charge in [0.25, 0.3) is 5.91 Å². The summed E-state index contributed by atoms with van der Waals surface area (Å²) in [5.41, 5.74) is 1.80. The summed E-state index contributed by atoms with van der Waals surface area (Å²) in [7, 11) is 0. The topological polar surface area (TPSA) is 55.9 Å². The van der Waals surface area contributed by atoms with Crippen molar-refractivity contribution in [2.24, 2.45) is 0 Å². The van der Waals surface area contributed by atoms with Gasteiger partial charge in [-0.3, -0.25) is 14.5 Å². The molecule has 2 aliphatic rings. The minimum Gasteiger partial charge on any atom is -0.340 e. The van der Waals surface area contributed by atoms with Crippen molar-refractivity contribution in [1.29, 1.82) is 0 Å². The second kappa shape index (κ2) is 10.0. The fourth-order valence-electron chi connectivity index (χ4n) is 4.31. The summed E-state index contributed by atoms with van der Waals surface area (Å²) in [6, 6.07) is 8.16. The Hall–Kier alpha value is -1.92. The third kappa shape index (κ3) is 5.32. The molecule has 0 aromatic heterocycles. The van der Waals surface area contributed by atoms with Crippen molar-refractivity contribution in [2.45, 2.75) is 39.2 Å². The number of nitrogens with zero attached hydrogens (tertiary/aromatic N) is 3. The summed E-state index contributed by atoms with van der Waals surface area (Å²) in [5.74, 6) is 0.196. The number of amides is 2. The molecule has 2 amide bonds. The molecule has 154 valence electrons. The third-order valence-electron chi connectivity index (χ3n) is 5.95. The first-order valence-corrected chi connectivity index (χ1v) is 10.7. The van der Waals surface area contributed by atoms with E-state index in [2.05, 4.69) is 17.1 Å². The first-order valence-electron chi connectivity index (χ1n) is 10.7. The predicted octanol–water partition coefficient (Wildman–Crippen LogP) is 1.74. The molecule has 6 heteroatoms. The van der Waals surface area contributed by atoms with Crippen molar-refractivity contribution in [3.63, 3.8) is 0 Å². The van der Waals surface area contributed by atoms with Crippen LogP contribution in [0.5, 0.6) is 0 Å². The van der Waals surface area contributed by atoms with Gasteiger partial charge < -0.3 is 15.1 Å². The molecule has 1 N–H and O–H groups in total. The number of carbonyl (C=O) groups excluding carboxylic acids is 2. The van der Waals surface area contributed by atoms with E-state index in [4.69, 9.17) is 0 Å². The monoisotopic (exact) mass is 386 g/mol. The van der Waals surface area contributed by atoms with Gasteiger partial charge in [0.2, 0.25) is 5.91 Å². The maximum atomic E-state index is 13.2. The number of likely N-dealkylation sites (tertiary alicyclic amines) is 1. The van der Waals surface area contributed by atoms with Gasteiger partial charge >= 0.3 is 0 Å². The van der Waals surface area contributed by atoms with E-state index in [1.54, 1.807) is 0 Å². The van der Waals surface area contributed by atoms with Crippen molar-refractivity contribution < 1.29 is 9.59 Å². The minimum absolute atomic E-state index is 0.0414. The highest BCUT2D eigenvalue weighted by Crippen LogP contribution is 2.19. The number of aryl methyl sites for hydroxylation is 1. The van der Waals surface area contributed by atoms with Gasteiger partial charge in [-0.15, -0.1) is 0 Å².